The summed E-state index contributed by atoms with van der Waals surface area (Å²) in [5.41, 5.74) is 0.0516. The summed E-state index contributed by atoms with van der Waals surface area (Å²) >= 11 is 0. The molecule has 1 aromatic heterocycles. The molecule has 2 nitrogen and oxygen atoms in total. The van der Waals surface area contributed by atoms with E-state index in [2.05, 4.69) is 61.2 Å². The second-order valence-corrected chi connectivity index (χ2v) is 7.28. The van der Waals surface area contributed by atoms with Gasteiger partial charge in [0.1, 0.15) is 0 Å². The van der Waals surface area contributed by atoms with Crippen molar-refractivity contribution in [1.82, 2.24) is 4.57 Å². The van der Waals surface area contributed by atoms with Crippen LogP contribution in [0.1, 0.15) is 6.92 Å². The summed E-state index contributed by atoms with van der Waals surface area (Å²) in [6.07, 6.45) is 0. The first-order chi connectivity index (χ1) is 13.2. The van der Waals surface area contributed by atoms with Crippen molar-refractivity contribution in [3.8, 4) is 0 Å². The van der Waals surface area contributed by atoms with Gasteiger partial charge in [0.25, 0.3) is 5.56 Å². The van der Waals surface area contributed by atoms with Crippen molar-refractivity contribution in [3.63, 3.8) is 0 Å². The van der Waals surface area contributed by atoms with Crippen LogP contribution in [0.3, 0.4) is 0 Å². The third-order valence-electron chi connectivity index (χ3n) is 6.07. The van der Waals surface area contributed by atoms with Crippen molar-refractivity contribution >= 4 is 60.4 Å². The number of benzene rings is 5. The molecular formula is C25H17NO. The number of fused-ring (bicyclic) bond motifs is 2. The first-order valence-electron chi connectivity index (χ1n) is 9.34. The minimum absolute atomic E-state index is 0.0516. The predicted octanol–water partition coefficient (Wildman–Crippen LogP) is 5.20. The Kier molecular flexibility index (Phi) is 2.65. The lowest BCUT2D eigenvalue weighted by molar-refractivity contribution is 0.717. The molecule has 6 aromatic rings. The standard InChI is InChI=1S/C25H17NO/c1-3-26-14(2)16-10-11-19-17-8-4-6-15-7-5-9-18(22(15)17)20-12-13-21(25(26)27)23(16)24(19)20/h4-13H,2-3H2,1H3. The molecule has 0 aliphatic heterocycles. The van der Waals surface area contributed by atoms with E-state index in [0.717, 1.165) is 21.5 Å². The fourth-order valence-corrected chi connectivity index (χ4v) is 4.90. The molecule has 0 saturated heterocycles. The Morgan fingerprint density at radius 2 is 1.22 bits per heavy atom. The number of rotatable bonds is 1. The molecule has 0 spiro atoms. The van der Waals surface area contributed by atoms with Crippen molar-refractivity contribution in [1.29, 1.82) is 0 Å². The molecule has 0 radical (unpaired) electrons. The third-order valence-corrected chi connectivity index (χ3v) is 6.07. The van der Waals surface area contributed by atoms with Crippen molar-refractivity contribution < 1.29 is 0 Å². The molecule has 0 saturated carbocycles. The summed E-state index contributed by atoms with van der Waals surface area (Å²) in [5.74, 6) is 0. The van der Waals surface area contributed by atoms with Gasteiger partial charge in [-0.15, -0.1) is 0 Å². The molecule has 0 bridgehead atoms. The van der Waals surface area contributed by atoms with Gasteiger partial charge in [0, 0.05) is 28.1 Å². The Labute approximate surface area is 155 Å². The Hall–Kier alpha value is -3.39. The average Bonchev–Trinajstić information content (AvgIpc) is 2.70. The molecule has 128 valence electrons. The van der Waals surface area contributed by atoms with Gasteiger partial charge < -0.3 is 4.57 Å². The van der Waals surface area contributed by atoms with Crippen LogP contribution >= 0.6 is 0 Å². The van der Waals surface area contributed by atoms with Gasteiger partial charge in [-0.05, 0) is 50.7 Å². The molecule has 6 rings (SSSR count). The monoisotopic (exact) mass is 347 g/mol. The zero-order valence-corrected chi connectivity index (χ0v) is 15.0. The first-order valence-corrected chi connectivity index (χ1v) is 9.34. The SMILES string of the molecule is C=c1c2ccc3c4cccc5cccc(c6ccc(c(=O)n1CC)c2c36)c54. The van der Waals surface area contributed by atoms with Crippen LogP contribution in [0.5, 0.6) is 0 Å². The van der Waals surface area contributed by atoms with Gasteiger partial charge in [0.2, 0.25) is 0 Å². The molecule has 0 aliphatic rings. The summed E-state index contributed by atoms with van der Waals surface area (Å²) in [6.45, 7) is 6.86. The molecule has 0 N–H and O–H groups in total. The predicted molar refractivity (Wildman–Crippen MR) is 116 cm³/mol. The normalized spacial score (nSPS) is 12.3. The Morgan fingerprint density at radius 3 is 1.85 bits per heavy atom. The zero-order chi connectivity index (χ0) is 18.3. The lowest BCUT2D eigenvalue weighted by atomic mass is 9.87. The van der Waals surface area contributed by atoms with Gasteiger partial charge in [0.15, 0.2) is 0 Å². The largest absolute Gasteiger partial charge is 0.309 e. The van der Waals surface area contributed by atoms with Crippen molar-refractivity contribution in [2.24, 2.45) is 0 Å². The summed E-state index contributed by atoms with van der Waals surface area (Å²) < 4.78 is 1.77. The van der Waals surface area contributed by atoms with Crippen LogP contribution in [-0.4, -0.2) is 4.57 Å². The zero-order valence-electron chi connectivity index (χ0n) is 15.0. The van der Waals surface area contributed by atoms with Crippen LogP contribution in [0.25, 0.3) is 60.4 Å². The van der Waals surface area contributed by atoms with E-state index in [9.17, 15) is 4.79 Å². The third kappa shape index (κ3) is 1.64. The minimum atomic E-state index is 0.0516. The van der Waals surface area contributed by atoms with Crippen molar-refractivity contribution in [2.45, 2.75) is 13.5 Å². The topological polar surface area (TPSA) is 22.0 Å². The lowest BCUT2D eigenvalue weighted by Gasteiger charge is -2.17. The quantitative estimate of drug-likeness (QED) is 0.296. The van der Waals surface area contributed by atoms with Gasteiger partial charge >= 0.3 is 0 Å². The van der Waals surface area contributed by atoms with Crippen LogP contribution in [0, 0.1) is 0 Å². The second-order valence-electron chi connectivity index (χ2n) is 7.28. The minimum Gasteiger partial charge on any atom is -0.309 e. The summed E-state index contributed by atoms with van der Waals surface area (Å²) in [4.78, 5) is 13.1. The van der Waals surface area contributed by atoms with Crippen LogP contribution < -0.4 is 10.9 Å². The molecule has 1 heterocycles. The van der Waals surface area contributed by atoms with Crippen LogP contribution in [-0.2, 0) is 6.54 Å². The molecule has 27 heavy (non-hydrogen) atoms. The molecule has 0 amide bonds. The highest BCUT2D eigenvalue weighted by Crippen LogP contribution is 2.41. The van der Waals surface area contributed by atoms with E-state index in [1.54, 1.807) is 4.57 Å². The fraction of sp³-hybridized carbons (Fsp3) is 0.0800. The fourth-order valence-electron chi connectivity index (χ4n) is 4.90. The van der Waals surface area contributed by atoms with Crippen molar-refractivity contribution in [3.05, 3.63) is 76.4 Å². The molecular weight excluding hydrogens is 330 g/mol. The highest BCUT2D eigenvalue weighted by molar-refractivity contribution is 6.36. The second kappa shape index (κ2) is 4.86. The Bertz CT molecular complexity index is 1530. The lowest BCUT2D eigenvalue weighted by Crippen LogP contribution is -2.32. The maximum Gasteiger partial charge on any atom is 0.258 e. The van der Waals surface area contributed by atoms with Gasteiger partial charge in [0.05, 0.1) is 0 Å². The highest BCUT2D eigenvalue weighted by atomic mass is 16.1. The molecule has 0 fully saturated rings. The number of hydrogen-bond donors (Lipinski definition) is 0. The Balaban J connectivity index is 2.07. The number of aromatic nitrogens is 1. The van der Waals surface area contributed by atoms with Gasteiger partial charge in [-0.25, -0.2) is 0 Å². The molecule has 5 aromatic carbocycles. The number of nitrogens with zero attached hydrogens (tertiary/aromatic N) is 1. The maximum absolute atomic E-state index is 13.1. The van der Waals surface area contributed by atoms with E-state index in [-0.39, 0.29) is 5.56 Å². The van der Waals surface area contributed by atoms with Crippen molar-refractivity contribution in [2.75, 3.05) is 0 Å². The molecule has 0 atom stereocenters. The van der Waals surface area contributed by atoms with E-state index in [4.69, 9.17) is 0 Å². The van der Waals surface area contributed by atoms with E-state index in [1.165, 1.54) is 37.7 Å². The van der Waals surface area contributed by atoms with E-state index in [0.29, 0.717) is 6.54 Å². The van der Waals surface area contributed by atoms with Gasteiger partial charge in [-0.2, -0.15) is 0 Å². The number of hydrogen-bond acceptors (Lipinski definition) is 1. The van der Waals surface area contributed by atoms with E-state index < -0.39 is 0 Å². The number of pyridine rings is 1. The first kappa shape index (κ1) is 14.7. The summed E-state index contributed by atoms with van der Waals surface area (Å²) in [6, 6.07) is 21.4. The molecule has 0 unspecified atom stereocenters. The summed E-state index contributed by atoms with van der Waals surface area (Å²) in [5, 5.41) is 12.3. The molecule has 0 aliphatic carbocycles. The van der Waals surface area contributed by atoms with Crippen LogP contribution in [0.15, 0.2) is 65.5 Å². The maximum atomic E-state index is 13.1. The summed E-state index contributed by atoms with van der Waals surface area (Å²) in [7, 11) is 0. The smallest absolute Gasteiger partial charge is 0.258 e. The molecule has 2 heteroatoms. The van der Waals surface area contributed by atoms with Crippen LogP contribution in [0.4, 0.5) is 0 Å². The average molecular weight is 347 g/mol. The van der Waals surface area contributed by atoms with E-state index in [1.807, 2.05) is 13.0 Å². The van der Waals surface area contributed by atoms with E-state index >= 15 is 0 Å². The highest BCUT2D eigenvalue weighted by Gasteiger charge is 2.17. The van der Waals surface area contributed by atoms with Gasteiger partial charge in [-0.3, -0.25) is 4.79 Å². The van der Waals surface area contributed by atoms with Crippen LogP contribution in [0.2, 0.25) is 0 Å². The van der Waals surface area contributed by atoms with Gasteiger partial charge in [-0.1, -0.05) is 61.2 Å². The Morgan fingerprint density at radius 1 is 0.704 bits per heavy atom.